The lowest BCUT2D eigenvalue weighted by molar-refractivity contribution is 0.0956. The molecule has 6 heteroatoms. The van der Waals surface area contributed by atoms with Crippen molar-refractivity contribution in [1.82, 2.24) is 5.32 Å². The van der Waals surface area contributed by atoms with Gasteiger partial charge < -0.3 is 20.1 Å². The second-order valence-electron chi connectivity index (χ2n) is 6.39. The van der Waals surface area contributed by atoms with Gasteiger partial charge in [0.2, 0.25) is 0 Å². The Labute approximate surface area is 175 Å². The van der Waals surface area contributed by atoms with E-state index in [0.717, 1.165) is 5.75 Å². The number of benzene rings is 3. The molecule has 0 spiro atoms. The van der Waals surface area contributed by atoms with Crippen molar-refractivity contribution in [3.63, 3.8) is 0 Å². The van der Waals surface area contributed by atoms with E-state index in [-0.39, 0.29) is 11.8 Å². The molecule has 0 saturated heterocycles. The zero-order valence-corrected chi connectivity index (χ0v) is 16.8. The number of hydrogen-bond acceptors (Lipinski definition) is 4. The quantitative estimate of drug-likeness (QED) is 0.526. The number of anilines is 1. The topological polar surface area (TPSA) is 76.7 Å². The van der Waals surface area contributed by atoms with Crippen LogP contribution in [0, 0.1) is 0 Å². The number of para-hydroxylation sites is 2. The largest absolute Gasteiger partial charge is 0.490 e. The fourth-order valence-corrected chi connectivity index (χ4v) is 2.78. The summed E-state index contributed by atoms with van der Waals surface area (Å²) in [5.74, 6) is 0.910. The predicted molar refractivity (Wildman–Crippen MR) is 116 cm³/mol. The normalized spacial score (nSPS) is 10.2. The third-order valence-electron chi connectivity index (χ3n) is 4.24. The molecule has 0 heterocycles. The smallest absolute Gasteiger partial charge is 0.255 e. The Morgan fingerprint density at radius 2 is 1.33 bits per heavy atom. The van der Waals surface area contributed by atoms with E-state index >= 15 is 0 Å². The minimum Gasteiger partial charge on any atom is -0.490 e. The second-order valence-corrected chi connectivity index (χ2v) is 6.39. The van der Waals surface area contributed by atoms with Crippen molar-refractivity contribution < 1.29 is 19.1 Å². The van der Waals surface area contributed by atoms with Crippen LogP contribution in [0.3, 0.4) is 0 Å². The first-order valence-corrected chi connectivity index (χ1v) is 9.76. The van der Waals surface area contributed by atoms with Gasteiger partial charge in [0.15, 0.2) is 0 Å². The predicted octanol–water partition coefficient (Wildman–Crippen LogP) is 4.15. The molecule has 3 aromatic rings. The van der Waals surface area contributed by atoms with Crippen molar-refractivity contribution >= 4 is 17.5 Å². The Hall–Kier alpha value is -3.80. The van der Waals surface area contributed by atoms with E-state index in [1.165, 1.54) is 0 Å². The van der Waals surface area contributed by atoms with Gasteiger partial charge in [-0.3, -0.25) is 9.59 Å². The van der Waals surface area contributed by atoms with Crippen LogP contribution < -0.4 is 20.1 Å². The van der Waals surface area contributed by atoms with Crippen molar-refractivity contribution in [3.05, 3.63) is 90.0 Å². The minimum atomic E-state index is -0.300. The molecule has 0 bridgehead atoms. The zero-order valence-electron chi connectivity index (χ0n) is 16.8. The molecule has 30 heavy (non-hydrogen) atoms. The monoisotopic (exact) mass is 404 g/mol. The van der Waals surface area contributed by atoms with Crippen molar-refractivity contribution in [3.8, 4) is 11.5 Å². The van der Waals surface area contributed by atoms with Crippen LogP contribution in [0.25, 0.3) is 0 Å². The van der Waals surface area contributed by atoms with Crippen LogP contribution in [0.15, 0.2) is 78.9 Å². The molecular formula is C24H24N2O4. The van der Waals surface area contributed by atoms with Crippen LogP contribution in [0.5, 0.6) is 11.5 Å². The first kappa shape index (κ1) is 20.9. The Bertz CT molecular complexity index is 972. The first-order chi connectivity index (χ1) is 14.7. The maximum atomic E-state index is 12.6. The lowest BCUT2D eigenvalue weighted by Gasteiger charge is -2.11. The van der Waals surface area contributed by atoms with Gasteiger partial charge >= 0.3 is 0 Å². The van der Waals surface area contributed by atoms with E-state index in [1.807, 2.05) is 37.3 Å². The molecule has 0 radical (unpaired) electrons. The summed E-state index contributed by atoms with van der Waals surface area (Å²) in [7, 11) is 0. The molecule has 0 aromatic heterocycles. The Balaban J connectivity index is 1.53. The van der Waals surface area contributed by atoms with Gasteiger partial charge in [0.05, 0.1) is 11.3 Å². The molecule has 154 valence electrons. The first-order valence-electron chi connectivity index (χ1n) is 9.76. The molecular weight excluding hydrogens is 380 g/mol. The molecule has 3 aromatic carbocycles. The van der Waals surface area contributed by atoms with E-state index in [2.05, 4.69) is 10.6 Å². The van der Waals surface area contributed by atoms with E-state index in [0.29, 0.717) is 42.3 Å². The fraction of sp³-hybridized carbons (Fsp3) is 0.167. The fourth-order valence-electron chi connectivity index (χ4n) is 2.78. The standard InChI is InChI=1S/C24H24N2O4/c1-2-25-24(28)21-10-6-7-11-22(21)26-23(27)18-12-14-20(15-13-18)30-17-16-29-19-8-4-3-5-9-19/h3-15H,2,16-17H2,1H3,(H,25,28)(H,26,27). The highest BCUT2D eigenvalue weighted by Crippen LogP contribution is 2.18. The van der Waals surface area contributed by atoms with Gasteiger partial charge in [-0.15, -0.1) is 0 Å². The summed E-state index contributed by atoms with van der Waals surface area (Å²) in [6, 6.07) is 23.2. The van der Waals surface area contributed by atoms with Gasteiger partial charge in [0.25, 0.3) is 11.8 Å². The summed E-state index contributed by atoms with van der Waals surface area (Å²) in [5.41, 5.74) is 1.35. The molecule has 2 N–H and O–H groups in total. The third kappa shape index (κ3) is 5.85. The molecule has 0 aliphatic carbocycles. The Kier molecular flexibility index (Phi) is 7.44. The summed E-state index contributed by atoms with van der Waals surface area (Å²) in [4.78, 5) is 24.7. The number of nitrogens with one attached hydrogen (secondary N) is 2. The number of ether oxygens (including phenoxy) is 2. The average molecular weight is 404 g/mol. The molecule has 2 amide bonds. The van der Waals surface area contributed by atoms with Crippen LogP contribution >= 0.6 is 0 Å². The highest BCUT2D eigenvalue weighted by molar-refractivity contribution is 6.09. The van der Waals surface area contributed by atoms with E-state index in [1.54, 1.807) is 48.5 Å². The molecule has 0 fully saturated rings. The summed E-state index contributed by atoms with van der Waals surface area (Å²) >= 11 is 0. The van der Waals surface area contributed by atoms with Crippen molar-refractivity contribution in [1.29, 1.82) is 0 Å². The highest BCUT2D eigenvalue weighted by atomic mass is 16.5. The Morgan fingerprint density at radius 1 is 0.733 bits per heavy atom. The molecule has 0 saturated carbocycles. The van der Waals surface area contributed by atoms with Crippen LogP contribution in [0.4, 0.5) is 5.69 Å². The maximum Gasteiger partial charge on any atom is 0.255 e. The molecule has 0 aliphatic heterocycles. The van der Waals surface area contributed by atoms with Crippen molar-refractivity contribution in [2.75, 3.05) is 25.1 Å². The minimum absolute atomic E-state index is 0.227. The van der Waals surface area contributed by atoms with Gasteiger partial charge in [0.1, 0.15) is 24.7 Å². The zero-order chi connectivity index (χ0) is 21.2. The van der Waals surface area contributed by atoms with Crippen molar-refractivity contribution in [2.24, 2.45) is 0 Å². The average Bonchev–Trinajstić information content (AvgIpc) is 2.78. The number of hydrogen-bond donors (Lipinski definition) is 2. The maximum absolute atomic E-state index is 12.6. The number of carbonyl (C=O) groups is 2. The van der Waals surface area contributed by atoms with Gasteiger partial charge in [0, 0.05) is 12.1 Å². The molecule has 3 rings (SSSR count). The highest BCUT2D eigenvalue weighted by Gasteiger charge is 2.13. The summed E-state index contributed by atoms with van der Waals surface area (Å²) in [6.07, 6.45) is 0. The lowest BCUT2D eigenvalue weighted by Crippen LogP contribution is -2.24. The summed E-state index contributed by atoms with van der Waals surface area (Å²) < 4.78 is 11.2. The SMILES string of the molecule is CCNC(=O)c1ccccc1NC(=O)c1ccc(OCCOc2ccccc2)cc1. The van der Waals surface area contributed by atoms with E-state index in [4.69, 9.17) is 9.47 Å². The van der Waals surface area contributed by atoms with Crippen LogP contribution in [0.2, 0.25) is 0 Å². The third-order valence-corrected chi connectivity index (χ3v) is 4.24. The van der Waals surface area contributed by atoms with Gasteiger partial charge in [-0.2, -0.15) is 0 Å². The molecule has 0 unspecified atom stereocenters. The van der Waals surface area contributed by atoms with Gasteiger partial charge in [-0.1, -0.05) is 30.3 Å². The molecule has 0 aliphatic rings. The number of amides is 2. The summed E-state index contributed by atoms with van der Waals surface area (Å²) in [5, 5.41) is 5.54. The molecule has 6 nitrogen and oxygen atoms in total. The summed E-state index contributed by atoms with van der Waals surface area (Å²) in [6.45, 7) is 3.17. The molecule has 0 atom stereocenters. The van der Waals surface area contributed by atoms with Crippen molar-refractivity contribution in [2.45, 2.75) is 6.92 Å². The number of carbonyl (C=O) groups excluding carboxylic acids is 2. The van der Waals surface area contributed by atoms with E-state index in [9.17, 15) is 9.59 Å². The Morgan fingerprint density at radius 3 is 2.00 bits per heavy atom. The second kappa shape index (κ2) is 10.7. The van der Waals surface area contributed by atoms with Crippen LogP contribution in [-0.2, 0) is 0 Å². The van der Waals surface area contributed by atoms with Gasteiger partial charge in [-0.05, 0) is 55.5 Å². The van der Waals surface area contributed by atoms with E-state index < -0.39 is 0 Å². The lowest BCUT2D eigenvalue weighted by atomic mass is 10.1. The van der Waals surface area contributed by atoms with Crippen LogP contribution in [-0.4, -0.2) is 31.6 Å². The van der Waals surface area contributed by atoms with Crippen LogP contribution in [0.1, 0.15) is 27.6 Å². The number of rotatable bonds is 9. The van der Waals surface area contributed by atoms with Gasteiger partial charge in [-0.25, -0.2) is 0 Å².